The minimum atomic E-state index is -0.719. The van der Waals surface area contributed by atoms with E-state index in [4.69, 9.17) is 4.74 Å². The van der Waals surface area contributed by atoms with Crippen molar-refractivity contribution in [2.24, 2.45) is 0 Å². The van der Waals surface area contributed by atoms with Gasteiger partial charge in [-0.2, -0.15) is 0 Å². The van der Waals surface area contributed by atoms with Crippen molar-refractivity contribution in [1.29, 1.82) is 0 Å². The Morgan fingerprint density at radius 2 is 1.95 bits per heavy atom. The number of benzene rings is 2. The van der Waals surface area contributed by atoms with Crippen molar-refractivity contribution in [2.75, 3.05) is 0 Å². The fourth-order valence-corrected chi connectivity index (χ4v) is 2.90. The Kier molecular flexibility index (Phi) is 3.93. The van der Waals surface area contributed by atoms with Crippen molar-refractivity contribution in [2.45, 2.75) is 38.4 Å². The molecule has 2 aromatic carbocycles. The van der Waals surface area contributed by atoms with Gasteiger partial charge in [0, 0.05) is 0 Å². The van der Waals surface area contributed by atoms with Gasteiger partial charge in [-0.05, 0) is 48.9 Å². The summed E-state index contributed by atoms with van der Waals surface area (Å²) in [5.74, 6) is -0.124. The van der Waals surface area contributed by atoms with Crippen molar-refractivity contribution < 1.29 is 14.2 Å². The second kappa shape index (κ2) is 5.86. The van der Waals surface area contributed by atoms with Gasteiger partial charge in [-0.1, -0.05) is 36.4 Å². The summed E-state index contributed by atoms with van der Waals surface area (Å²) in [5.41, 5.74) is 2.60. The molecule has 21 heavy (non-hydrogen) atoms. The molecule has 0 radical (unpaired) electrons. The molecule has 0 amide bonds. The molecular formula is C18H19FO2. The number of rotatable bonds is 2. The van der Waals surface area contributed by atoms with Crippen LogP contribution in [0.3, 0.4) is 0 Å². The second-order valence-corrected chi connectivity index (χ2v) is 5.58. The third-order valence-electron chi connectivity index (χ3n) is 4.10. The SMILES string of the molecule is Cc1cccc(OC2CCCc3ccccc3C2O)c1F. The summed E-state index contributed by atoms with van der Waals surface area (Å²) >= 11 is 0. The van der Waals surface area contributed by atoms with Crippen molar-refractivity contribution >= 4 is 0 Å². The lowest BCUT2D eigenvalue weighted by atomic mass is 10.0. The largest absolute Gasteiger partial charge is 0.484 e. The number of aryl methyl sites for hydroxylation is 2. The minimum absolute atomic E-state index is 0.221. The van der Waals surface area contributed by atoms with Crippen molar-refractivity contribution in [3.05, 3.63) is 65.0 Å². The number of hydrogen-bond donors (Lipinski definition) is 1. The van der Waals surface area contributed by atoms with Crippen LogP contribution in [-0.4, -0.2) is 11.2 Å². The van der Waals surface area contributed by atoms with E-state index in [1.165, 1.54) is 0 Å². The predicted molar refractivity (Wildman–Crippen MR) is 79.9 cm³/mol. The van der Waals surface area contributed by atoms with Gasteiger partial charge in [-0.15, -0.1) is 0 Å². The first-order chi connectivity index (χ1) is 10.2. The lowest BCUT2D eigenvalue weighted by molar-refractivity contribution is 0.0297. The highest BCUT2D eigenvalue weighted by Gasteiger charge is 2.28. The van der Waals surface area contributed by atoms with E-state index >= 15 is 0 Å². The van der Waals surface area contributed by atoms with Crippen LogP contribution >= 0.6 is 0 Å². The molecule has 0 aliphatic heterocycles. The van der Waals surface area contributed by atoms with Crippen LogP contribution < -0.4 is 4.74 Å². The maximum atomic E-state index is 14.1. The monoisotopic (exact) mass is 286 g/mol. The Labute approximate surface area is 124 Å². The van der Waals surface area contributed by atoms with Gasteiger partial charge in [0.25, 0.3) is 0 Å². The molecule has 0 heterocycles. The highest BCUT2D eigenvalue weighted by atomic mass is 19.1. The molecule has 3 heteroatoms. The third kappa shape index (κ3) is 2.79. The number of halogens is 1. The van der Waals surface area contributed by atoms with Crippen molar-refractivity contribution in [1.82, 2.24) is 0 Å². The standard InChI is InChI=1S/C18H19FO2/c1-12-6-4-10-15(17(12)19)21-16-11-5-8-13-7-2-3-9-14(13)18(16)20/h2-4,6-7,9-10,16,18,20H,5,8,11H2,1H3. The lowest BCUT2D eigenvalue weighted by Crippen LogP contribution is -2.25. The highest BCUT2D eigenvalue weighted by molar-refractivity contribution is 5.33. The van der Waals surface area contributed by atoms with E-state index in [1.54, 1.807) is 25.1 Å². The molecule has 110 valence electrons. The molecule has 0 saturated heterocycles. The smallest absolute Gasteiger partial charge is 0.167 e. The van der Waals surface area contributed by atoms with Gasteiger partial charge in [-0.3, -0.25) is 0 Å². The zero-order valence-electron chi connectivity index (χ0n) is 12.1. The molecule has 1 N–H and O–H groups in total. The molecule has 2 nitrogen and oxygen atoms in total. The van der Waals surface area contributed by atoms with Crippen LogP contribution in [0, 0.1) is 12.7 Å². The van der Waals surface area contributed by atoms with Crippen LogP contribution in [0.1, 0.15) is 35.6 Å². The van der Waals surface area contributed by atoms with Crippen LogP contribution in [-0.2, 0) is 6.42 Å². The maximum Gasteiger partial charge on any atom is 0.167 e. The Hall–Kier alpha value is -1.87. The number of fused-ring (bicyclic) bond motifs is 1. The van der Waals surface area contributed by atoms with E-state index in [0.717, 1.165) is 24.0 Å². The summed E-state index contributed by atoms with van der Waals surface area (Å²) in [4.78, 5) is 0. The first kappa shape index (κ1) is 14.1. The molecule has 0 saturated carbocycles. The second-order valence-electron chi connectivity index (χ2n) is 5.58. The maximum absolute atomic E-state index is 14.1. The summed E-state index contributed by atoms with van der Waals surface area (Å²) in [6.07, 6.45) is 1.42. The predicted octanol–water partition coefficient (Wildman–Crippen LogP) is 3.95. The molecular weight excluding hydrogens is 267 g/mol. The van der Waals surface area contributed by atoms with Gasteiger partial charge in [0.2, 0.25) is 0 Å². The van der Waals surface area contributed by atoms with Crippen LogP contribution in [0.15, 0.2) is 42.5 Å². The van der Waals surface area contributed by atoms with Gasteiger partial charge in [0.05, 0.1) is 0 Å². The molecule has 0 aromatic heterocycles. The molecule has 1 aliphatic rings. The molecule has 2 atom stereocenters. The Balaban J connectivity index is 1.88. The zero-order chi connectivity index (χ0) is 14.8. The first-order valence-corrected chi connectivity index (χ1v) is 7.34. The normalized spacial score (nSPS) is 21.5. The van der Waals surface area contributed by atoms with Gasteiger partial charge in [0.15, 0.2) is 11.6 Å². The fraction of sp³-hybridized carbons (Fsp3) is 0.333. The number of aliphatic hydroxyl groups is 1. The summed E-state index contributed by atoms with van der Waals surface area (Å²) in [6.45, 7) is 1.71. The van der Waals surface area contributed by atoms with Crippen LogP contribution in [0.25, 0.3) is 0 Å². The van der Waals surface area contributed by atoms with Crippen LogP contribution in [0.5, 0.6) is 5.75 Å². The average Bonchev–Trinajstić information content (AvgIpc) is 2.65. The fourth-order valence-electron chi connectivity index (χ4n) is 2.90. The van der Waals surface area contributed by atoms with Crippen LogP contribution in [0.2, 0.25) is 0 Å². The number of aliphatic hydroxyl groups excluding tert-OH is 1. The topological polar surface area (TPSA) is 29.5 Å². The minimum Gasteiger partial charge on any atom is -0.484 e. The average molecular weight is 286 g/mol. The zero-order valence-corrected chi connectivity index (χ0v) is 12.1. The van der Waals surface area contributed by atoms with E-state index in [2.05, 4.69) is 0 Å². The Morgan fingerprint density at radius 1 is 1.14 bits per heavy atom. The molecule has 2 unspecified atom stereocenters. The number of hydrogen-bond acceptors (Lipinski definition) is 2. The molecule has 3 rings (SSSR count). The van der Waals surface area contributed by atoms with E-state index in [9.17, 15) is 9.50 Å². The van der Waals surface area contributed by atoms with E-state index in [-0.39, 0.29) is 11.6 Å². The summed E-state index contributed by atoms with van der Waals surface area (Å²) in [5, 5.41) is 10.6. The van der Waals surface area contributed by atoms with Crippen molar-refractivity contribution in [3.8, 4) is 5.75 Å². The van der Waals surface area contributed by atoms with Gasteiger partial charge < -0.3 is 9.84 Å². The van der Waals surface area contributed by atoms with Crippen molar-refractivity contribution in [3.63, 3.8) is 0 Å². The van der Waals surface area contributed by atoms with E-state index in [0.29, 0.717) is 12.0 Å². The van der Waals surface area contributed by atoms with Gasteiger partial charge in [-0.25, -0.2) is 4.39 Å². The number of ether oxygens (including phenoxy) is 1. The molecule has 1 aliphatic carbocycles. The van der Waals surface area contributed by atoms with Crippen LogP contribution in [0.4, 0.5) is 4.39 Å². The third-order valence-corrected chi connectivity index (χ3v) is 4.10. The van der Waals surface area contributed by atoms with E-state index < -0.39 is 12.2 Å². The quantitative estimate of drug-likeness (QED) is 0.847. The summed E-state index contributed by atoms with van der Waals surface area (Å²) in [6, 6.07) is 12.9. The molecule has 0 fully saturated rings. The molecule has 0 spiro atoms. The lowest BCUT2D eigenvalue weighted by Gasteiger charge is -2.23. The summed E-state index contributed by atoms with van der Waals surface area (Å²) in [7, 11) is 0. The molecule has 2 aromatic rings. The highest BCUT2D eigenvalue weighted by Crippen LogP contribution is 2.32. The molecule has 0 bridgehead atoms. The summed E-state index contributed by atoms with van der Waals surface area (Å²) < 4.78 is 19.9. The van der Waals surface area contributed by atoms with E-state index in [1.807, 2.05) is 24.3 Å². The van der Waals surface area contributed by atoms with Gasteiger partial charge in [0.1, 0.15) is 12.2 Å². The first-order valence-electron chi connectivity index (χ1n) is 7.34. The Morgan fingerprint density at radius 3 is 2.81 bits per heavy atom. The Bertz CT molecular complexity index is 639. The van der Waals surface area contributed by atoms with Gasteiger partial charge >= 0.3 is 0 Å².